The zero-order valence-corrected chi connectivity index (χ0v) is 11.4. The lowest BCUT2D eigenvalue weighted by Crippen LogP contribution is -2.25. The highest BCUT2D eigenvalue weighted by Crippen LogP contribution is 2.18. The Balaban J connectivity index is 1.68. The molecule has 1 aromatic rings. The van der Waals surface area contributed by atoms with Crippen molar-refractivity contribution in [1.82, 2.24) is 15.3 Å². The number of rotatable bonds is 7. The highest BCUT2D eigenvalue weighted by molar-refractivity contribution is 7.80. The van der Waals surface area contributed by atoms with E-state index in [1.807, 2.05) is 0 Å². The van der Waals surface area contributed by atoms with Crippen molar-refractivity contribution in [3.63, 3.8) is 0 Å². The lowest BCUT2D eigenvalue weighted by molar-refractivity contribution is -0.121. The summed E-state index contributed by atoms with van der Waals surface area (Å²) in [6.45, 7) is 0.638. The van der Waals surface area contributed by atoms with Crippen molar-refractivity contribution in [2.45, 2.75) is 31.7 Å². The van der Waals surface area contributed by atoms with E-state index < -0.39 is 0 Å². The number of hydrogen-bond donors (Lipinski definition) is 3. The Hall–Kier alpha value is -1.76. The van der Waals surface area contributed by atoms with Gasteiger partial charge in [0.15, 0.2) is 0 Å². The van der Waals surface area contributed by atoms with Crippen LogP contribution in [-0.4, -0.2) is 33.5 Å². The van der Waals surface area contributed by atoms with Crippen molar-refractivity contribution in [3.05, 3.63) is 18.0 Å². The number of nitrogens with two attached hydrogens (primary N) is 1. The first-order chi connectivity index (χ1) is 9.15. The Labute approximate surface area is 117 Å². The van der Waals surface area contributed by atoms with Crippen molar-refractivity contribution in [2.24, 2.45) is 5.73 Å². The van der Waals surface area contributed by atoms with Gasteiger partial charge in [0, 0.05) is 25.2 Å². The summed E-state index contributed by atoms with van der Waals surface area (Å²) < 4.78 is 0. The first kappa shape index (κ1) is 13.7. The minimum atomic E-state index is 0.113. The average molecular weight is 279 g/mol. The highest BCUT2D eigenvalue weighted by atomic mass is 32.1. The van der Waals surface area contributed by atoms with Crippen molar-refractivity contribution < 1.29 is 4.79 Å². The molecule has 0 aliphatic heterocycles. The molecule has 1 heterocycles. The van der Waals surface area contributed by atoms with Crippen LogP contribution in [-0.2, 0) is 4.79 Å². The van der Waals surface area contributed by atoms with E-state index >= 15 is 0 Å². The zero-order valence-electron chi connectivity index (χ0n) is 10.6. The van der Waals surface area contributed by atoms with Gasteiger partial charge in [-0.15, -0.1) is 0 Å². The van der Waals surface area contributed by atoms with E-state index in [9.17, 15) is 4.79 Å². The number of nitrogens with zero attached hydrogens (tertiary/aromatic N) is 2. The van der Waals surface area contributed by atoms with Gasteiger partial charge in [-0.1, -0.05) is 12.2 Å². The van der Waals surface area contributed by atoms with E-state index in [1.54, 1.807) is 12.3 Å². The molecule has 1 fully saturated rings. The summed E-state index contributed by atoms with van der Waals surface area (Å²) in [5, 5.41) is 5.99. The monoisotopic (exact) mass is 279 g/mol. The molecule has 0 spiro atoms. The normalized spacial score (nSPS) is 13.9. The lowest BCUT2D eigenvalue weighted by atomic mass is 10.3. The Morgan fingerprint density at radius 3 is 3.00 bits per heavy atom. The molecule has 19 heavy (non-hydrogen) atoms. The summed E-state index contributed by atoms with van der Waals surface area (Å²) >= 11 is 4.84. The van der Waals surface area contributed by atoms with Crippen molar-refractivity contribution in [2.75, 3.05) is 11.9 Å². The van der Waals surface area contributed by atoms with Crippen LogP contribution in [0, 0.1) is 0 Å². The van der Waals surface area contributed by atoms with Gasteiger partial charge < -0.3 is 16.4 Å². The smallest absolute Gasteiger partial charge is 0.223 e. The second-order valence-corrected chi connectivity index (χ2v) is 4.94. The van der Waals surface area contributed by atoms with Gasteiger partial charge in [0.2, 0.25) is 11.9 Å². The number of thiocarbonyl (C=S) groups is 1. The third kappa shape index (κ3) is 4.78. The molecule has 102 valence electrons. The molecule has 0 aromatic carbocycles. The van der Waals surface area contributed by atoms with Crippen LogP contribution in [0.2, 0.25) is 0 Å². The predicted molar refractivity (Wildman–Crippen MR) is 76.8 cm³/mol. The van der Waals surface area contributed by atoms with Crippen LogP contribution >= 0.6 is 12.2 Å². The Morgan fingerprint density at radius 2 is 2.32 bits per heavy atom. The molecule has 6 nitrogen and oxygen atoms in total. The number of aromatic nitrogens is 2. The van der Waals surface area contributed by atoms with Gasteiger partial charge in [0.1, 0.15) is 10.7 Å². The van der Waals surface area contributed by atoms with E-state index in [0.717, 1.165) is 19.3 Å². The molecule has 0 atom stereocenters. The van der Waals surface area contributed by atoms with Gasteiger partial charge in [-0.05, 0) is 25.3 Å². The van der Waals surface area contributed by atoms with Gasteiger partial charge in [0.05, 0.1) is 0 Å². The predicted octanol–water partition coefficient (Wildman–Crippen LogP) is 0.581. The topological polar surface area (TPSA) is 92.9 Å². The molecular formula is C12H17N5OS. The molecule has 1 aliphatic rings. The fraction of sp³-hybridized carbons (Fsp3) is 0.500. The summed E-state index contributed by atoms with van der Waals surface area (Å²) in [7, 11) is 0. The SMILES string of the molecule is NC(=S)c1ccnc(NCCCC(=O)NC2CC2)n1. The number of amides is 1. The molecular weight excluding hydrogens is 262 g/mol. The Bertz CT molecular complexity index is 475. The third-order valence-electron chi connectivity index (χ3n) is 2.71. The van der Waals surface area contributed by atoms with E-state index in [4.69, 9.17) is 18.0 Å². The zero-order chi connectivity index (χ0) is 13.7. The fourth-order valence-electron chi connectivity index (χ4n) is 1.56. The van der Waals surface area contributed by atoms with Gasteiger partial charge in [-0.2, -0.15) is 0 Å². The average Bonchev–Trinajstić information content (AvgIpc) is 3.19. The van der Waals surface area contributed by atoms with Crippen molar-refractivity contribution >= 4 is 29.1 Å². The van der Waals surface area contributed by atoms with Crippen LogP contribution in [0.3, 0.4) is 0 Å². The Morgan fingerprint density at radius 1 is 1.53 bits per heavy atom. The summed E-state index contributed by atoms with van der Waals surface area (Å²) in [6.07, 6.45) is 5.08. The number of carbonyl (C=O) groups is 1. The molecule has 0 unspecified atom stereocenters. The molecule has 1 aromatic heterocycles. The second-order valence-electron chi connectivity index (χ2n) is 4.50. The number of carbonyl (C=O) groups excluding carboxylic acids is 1. The molecule has 7 heteroatoms. The van der Waals surface area contributed by atoms with E-state index in [1.165, 1.54) is 0 Å². The second kappa shape index (κ2) is 6.42. The van der Waals surface area contributed by atoms with Crippen LogP contribution in [0.15, 0.2) is 12.3 Å². The summed E-state index contributed by atoms with van der Waals surface area (Å²) in [6, 6.07) is 2.09. The maximum Gasteiger partial charge on any atom is 0.223 e. The molecule has 0 bridgehead atoms. The molecule has 2 rings (SSSR count). The van der Waals surface area contributed by atoms with Gasteiger partial charge in [-0.25, -0.2) is 9.97 Å². The number of hydrogen-bond acceptors (Lipinski definition) is 5. The van der Waals surface area contributed by atoms with Gasteiger partial charge in [0.25, 0.3) is 0 Å². The number of nitrogens with one attached hydrogen (secondary N) is 2. The van der Waals surface area contributed by atoms with E-state index in [0.29, 0.717) is 30.6 Å². The van der Waals surface area contributed by atoms with Crippen LogP contribution in [0.4, 0.5) is 5.95 Å². The molecule has 4 N–H and O–H groups in total. The lowest BCUT2D eigenvalue weighted by Gasteiger charge is -2.06. The molecule has 0 radical (unpaired) electrons. The summed E-state index contributed by atoms with van der Waals surface area (Å²) in [5.41, 5.74) is 6.03. The minimum Gasteiger partial charge on any atom is -0.388 e. The summed E-state index contributed by atoms with van der Waals surface area (Å²) in [5.74, 6) is 0.593. The molecule has 1 saturated carbocycles. The number of anilines is 1. The molecule has 1 aliphatic carbocycles. The van der Waals surface area contributed by atoms with Crippen molar-refractivity contribution in [3.8, 4) is 0 Å². The van der Waals surface area contributed by atoms with Crippen LogP contribution in [0.1, 0.15) is 31.4 Å². The van der Waals surface area contributed by atoms with Gasteiger partial charge >= 0.3 is 0 Å². The van der Waals surface area contributed by atoms with E-state index in [2.05, 4.69) is 20.6 Å². The van der Waals surface area contributed by atoms with E-state index in [-0.39, 0.29) is 10.9 Å². The van der Waals surface area contributed by atoms with Crippen LogP contribution < -0.4 is 16.4 Å². The minimum absolute atomic E-state index is 0.113. The van der Waals surface area contributed by atoms with Crippen LogP contribution in [0.25, 0.3) is 0 Å². The highest BCUT2D eigenvalue weighted by Gasteiger charge is 2.22. The maximum absolute atomic E-state index is 11.4. The standard InChI is InChI=1S/C12H17N5OS/c13-11(19)9-5-7-15-12(17-9)14-6-1-2-10(18)16-8-3-4-8/h5,7-8H,1-4,6H2,(H2,13,19)(H,16,18)(H,14,15,17). The molecule has 1 amide bonds. The van der Waals surface area contributed by atoms with Crippen molar-refractivity contribution in [1.29, 1.82) is 0 Å². The first-order valence-electron chi connectivity index (χ1n) is 6.31. The fourth-order valence-corrected chi connectivity index (χ4v) is 1.67. The maximum atomic E-state index is 11.4. The Kier molecular flexibility index (Phi) is 4.62. The van der Waals surface area contributed by atoms with Crippen LogP contribution in [0.5, 0.6) is 0 Å². The quantitative estimate of drug-likeness (QED) is 0.499. The van der Waals surface area contributed by atoms with Gasteiger partial charge in [-0.3, -0.25) is 4.79 Å². The first-order valence-corrected chi connectivity index (χ1v) is 6.72. The largest absolute Gasteiger partial charge is 0.388 e. The third-order valence-corrected chi connectivity index (χ3v) is 2.92. The molecule has 0 saturated heterocycles. The summed E-state index contributed by atoms with van der Waals surface area (Å²) in [4.78, 5) is 19.9.